The van der Waals surface area contributed by atoms with Crippen molar-refractivity contribution in [3.8, 4) is 23.0 Å². The van der Waals surface area contributed by atoms with Gasteiger partial charge < -0.3 is 30.0 Å². The fourth-order valence-electron chi connectivity index (χ4n) is 2.51. The van der Waals surface area contributed by atoms with Crippen LogP contribution in [0.2, 0.25) is 0 Å². The molecule has 0 saturated heterocycles. The zero-order chi connectivity index (χ0) is 18.5. The summed E-state index contributed by atoms with van der Waals surface area (Å²) < 4.78 is 21.6. The highest BCUT2D eigenvalue weighted by molar-refractivity contribution is 6.06. The molecule has 2 aromatic rings. The maximum atomic E-state index is 12.6. The van der Waals surface area contributed by atoms with Gasteiger partial charge in [-0.1, -0.05) is 13.3 Å². The summed E-state index contributed by atoms with van der Waals surface area (Å²) in [6.45, 7) is 2.84. The Balaban J connectivity index is 0.00000261. The number of benzene rings is 2. The van der Waals surface area contributed by atoms with Gasteiger partial charge in [0.1, 0.15) is 0 Å². The molecule has 7 nitrogen and oxygen atoms in total. The molecule has 0 aliphatic carbocycles. The summed E-state index contributed by atoms with van der Waals surface area (Å²) >= 11 is 0. The number of hydrogen-bond donors (Lipinski definition) is 2. The van der Waals surface area contributed by atoms with Crippen molar-refractivity contribution in [3.63, 3.8) is 0 Å². The number of hydrogen-bond acceptors (Lipinski definition) is 6. The summed E-state index contributed by atoms with van der Waals surface area (Å²) in [7, 11) is 1.54. The summed E-state index contributed by atoms with van der Waals surface area (Å²) in [6, 6.07) is 8.33. The summed E-state index contributed by atoms with van der Waals surface area (Å²) in [6.07, 6.45) is 1.99. The van der Waals surface area contributed by atoms with Crippen molar-refractivity contribution in [2.24, 2.45) is 0 Å². The van der Waals surface area contributed by atoms with E-state index in [9.17, 15) is 4.79 Å². The molecule has 27 heavy (non-hydrogen) atoms. The number of carbonyl (C=O) groups excluding carboxylic acids is 1. The van der Waals surface area contributed by atoms with Crippen molar-refractivity contribution in [1.29, 1.82) is 0 Å². The van der Waals surface area contributed by atoms with Gasteiger partial charge in [0.25, 0.3) is 5.91 Å². The van der Waals surface area contributed by atoms with E-state index in [1.807, 2.05) is 0 Å². The van der Waals surface area contributed by atoms with Crippen LogP contribution in [0.4, 0.5) is 11.4 Å². The van der Waals surface area contributed by atoms with E-state index in [-0.39, 0.29) is 25.1 Å². The van der Waals surface area contributed by atoms with E-state index in [4.69, 9.17) is 24.7 Å². The molecule has 0 aromatic heterocycles. The number of rotatable bonds is 7. The average molecular weight is 395 g/mol. The van der Waals surface area contributed by atoms with Crippen LogP contribution in [0.1, 0.15) is 30.1 Å². The summed E-state index contributed by atoms with van der Waals surface area (Å²) in [4.78, 5) is 12.6. The molecule has 3 N–H and O–H groups in total. The topological polar surface area (TPSA) is 92.0 Å². The molecule has 146 valence electrons. The Morgan fingerprint density at radius 2 is 1.93 bits per heavy atom. The molecule has 1 amide bonds. The smallest absolute Gasteiger partial charge is 0.255 e. The third-order valence-corrected chi connectivity index (χ3v) is 3.97. The lowest BCUT2D eigenvalue weighted by molar-refractivity contribution is 0.102. The van der Waals surface area contributed by atoms with E-state index in [1.54, 1.807) is 37.4 Å². The Morgan fingerprint density at radius 3 is 2.63 bits per heavy atom. The van der Waals surface area contributed by atoms with Gasteiger partial charge in [0.05, 0.1) is 25.1 Å². The second-order valence-corrected chi connectivity index (χ2v) is 5.81. The number of methoxy groups -OCH3 is 1. The van der Waals surface area contributed by atoms with E-state index in [2.05, 4.69) is 12.2 Å². The fraction of sp³-hybridized carbons (Fsp3) is 0.316. The molecule has 0 saturated carbocycles. The van der Waals surface area contributed by atoms with Gasteiger partial charge in [0.2, 0.25) is 6.79 Å². The molecule has 3 rings (SSSR count). The quantitative estimate of drug-likeness (QED) is 0.547. The minimum absolute atomic E-state index is 0. The molecule has 1 aliphatic rings. The molecule has 0 atom stereocenters. The van der Waals surface area contributed by atoms with E-state index < -0.39 is 0 Å². The van der Waals surface area contributed by atoms with Gasteiger partial charge in [-0.05, 0) is 24.6 Å². The lowest BCUT2D eigenvalue weighted by Gasteiger charge is -2.13. The average Bonchev–Trinajstić information content (AvgIpc) is 3.09. The van der Waals surface area contributed by atoms with Crippen LogP contribution in [0.15, 0.2) is 30.3 Å². The first-order chi connectivity index (χ1) is 12.6. The van der Waals surface area contributed by atoms with Crippen molar-refractivity contribution in [2.45, 2.75) is 19.8 Å². The van der Waals surface area contributed by atoms with Gasteiger partial charge in [0, 0.05) is 17.7 Å². The Morgan fingerprint density at radius 1 is 1.19 bits per heavy atom. The molecular formula is C19H23ClN2O5. The Bertz CT molecular complexity index is 813. The van der Waals surface area contributed by atoms with Crippen molar-refractivity contribution < 1.29 is 23.7 Å². The van der Waals surface area contributed by atoms with Gasteiger partial charge >= 0.3 is 0 Å². The normalized spacial score (nSPS) is 11.5. The lowest BCUT2D eigenvalue weighted by atomic mass is 10.1. The second kappa shape index (κ2) is 9.23. The first kappa shape index (κ1) is 20.5. The summed E-state index contributed by atoms with van der Waals surface area (Å²) in [5.74, 6) is 1.92. The highest BCUT2D eigenvalue weighted by Crippen LogP contribution is 2.38. The number of anilines is 2. The standard InChI is InChI=1S/C19H22N2O5.ClH/c1-3-4-7-24-15-6-5-12(8-16(15)23-2)19(22)21-14-10-18-17(9-13(14)20)25-11-26-18;/h5-6,8-10H,3-4,7,11,20H2,1-2H3,(H,21,22);1H. The van der Waals surface area contributed by atoms with Crippen LogP contribution >= 0.6 is 12.4 Å². The first-order valence-corrected chi connectivity index (χ1v) is 8.43. The molecule has 0 radical (unpaired) electrons. The van der Waals surface area contributed by atoms with Crippen LogP contribution in [-0.4, -0.2) is 26.4 Å². The molecule has 2 aromatic carbocycles. The predicted octanol–water partition coefficient (Wildman–Crippen LogP) is 3.86. The minimum Gasteiger partial charge on any atom is -0.493 e. The molecule has 0 spiro atoms. The van der Waals surface area contributed by atoms with Gasteiger partial charge in [-0.2, -0.15) is 0 Å². The number of halogens is 1. The Labute approximate surface area is 164 Å². The Kier molecular flexibility index (Phi) is 7.01. The number of nitrogen functional groups attached to an aromatic ring is 1. The number of nitrogens with two attached hydrogens (primary N) is 1. The molecule has 0 unspecified atom stereocenters. The molecule has 0 fully saturated rings. The maximum absolute atomic E-state index is 12.6. The monoisotopic (exact) mass is 394 g/mol. The first-order valence-electron chi connectivity index (χ1n) is 8.43. The zero-order valence-corrected chi connectivity index (χ0v) is 16.1. The van der Waals surface area contributed by atoms with Crippen LogP contribution in [0.5, 0.6) is 23.0 Å². The molecule has 1 aliphatic heterocycles. The minimum atomic E-state index is -0.311. The molecular weight excluding hydrogens is 372 g/mol. The number of fused-ring (bicyclic) bond motifs is 1. The second-order valence-electron chi connectivity index (χ2n) is 5.81. The Hall–Kier alpha value is -2.80. The van der Waals surface area contributed by atoms with E-state index >= 15 is 0 Å². The van der Waals surface area contributed by atoms with Crippen molar-refractivity contribution in [2.75, 3.05) is 31.6 Å². The third-order valence-electron chi connectivity index (χ3n) is 3.97. The van der Waals surface area contributed by atoms with Crippen molar-refractivity contribution in [1.82, 2.24) is 0 Å². The van der Waals surface area contributed by atoms with E-state index in [0.717, 1.165) is 12.8 Å². The van der Waals surface area contributed by atoms with Crippen LogP contribution in [0.25, 0.3) is 0 Å². The number of ether oxygens (including phenoxy) is 4. The van der Waals surface area contributed by atoms with Gasteiger partial charge in [0.15, 0.2) is 23.0 Å². The largest absolute Gasteiger partial charge is 0.493 e. The van der Waals surface area contributed by atoms with E-state index in [1.165, 1.54) is 0 Å². The molecule has 8 heteroatoms. The SMILES string of the molecule is CCCCOc1ccc(C(=O)Nc2cc3c(cc2N)OCO3)cc1OC.Cl. The maximum Gasteiger partial charge on any atom is 0.255 e. The van der Waals surface area contributed by atoms with Crippen LogP contribution < -0.4 is 30.0 Å². The van der Waals surface area contributed by atoms with Crippen molar-refractivity contribution >= 4 is 29.7 Å². The summed E-state index contributed by atoms with van der Waals surface area (Å²) in [5.41, 5.74) is 7.26. The molecule has 0 bridgehead atoms. The van der Waals surface area contributed by atoms with Crippen LogP contribution in [0, 0.1) is 0 Å². The predicted molar refractivity (Wildman–Crippen MR) is 106 cm³/mol. The number of carbonyl (C=O) groups is 1. The fourth-order valence-corrected chi connectivity index (χ4v) is 2.51. The van der Waals surface area contributed by atoms with E-state index in [0.29, 0.717) is 46.5 Å². The lowest BCUT2D eigenvalue weighted by Crippen LogP contribution is -2.13. The van der Waals surface area contributed by atoms with Gasteiger partial charge in [-0.25, -0.2) is 0 Å². The number of unbranched alkanes of at least 4 members (excludes halogenated alkanes) is 1. The summed E-state index contributed by atoms with van der Waals surface area (Å²) in [5, 5.41) is 2.78. The number of amides is 1. The van der Waals surface area contributed by atoms with Crippen LogP contribution in [-0.2, 0) is 0 Å². The molecule has 1 heterocycles. The number of nitrogens with one attached hydrogen (secondary N) is 1. The van der Waals surface area contributed by atoms with Crippen LogP contribution in [0.3, 0.4) is 0 Å². The van der Waals surface area contributed by atoms with Crippen molar-refractivity contribution in [3.05, 3.63) is 35.9 Å². The zero-order valence-electron chi connectivity index (χ0n) is 15.2. The highest BCUT2D eigenvalue weighted by Gasteiger charge is 2.18. The third kappa shape index (κ3) is 4.68. The highest BCUT2D eigenvalue weighted by atomic mass is 35.5. The van der Waals surface area contributed by atoms with Gasteiger partial charge in [-0.3, -0.25) is 4.79 Å². The van der Waals surface area contributed by atoms with Gasteiger partial charge in [-0.15, -0.1) is 12.4 Å².